The van der Waals surface area contributed by atoms with Crippen molar-refractivity contribution in [3.8, 4) is 0 Å². The first-order chi connectivity index (χ1) is 15.0. The summed E-state index contributed by atoms with van der Waals surface area (Å²) in [6, 6.07) is 6.89. The second-order valence-electron chi connectivity index (χ2n) is 8.10. The van der Waals surface area contributed by atoms with Gasteiger partial charge in [-0.05, 0) is 45.1 Å². The zero-order valence-electron chi connectivity index (χ0n) is 17.7. The van der Waals surface area contributed by atoms with Gasteiger partial charge in [0.1, 0.15) is 11.4 Å². The van der Waals surface area contributed by atoms with Gasteiger partial charge in [0.05, 0.1) is 22.7 Å². The molecule has 3 aliphatic heterocycles. The maximum atomic E-state index is 13.3. The molecule has 10 nitrogen and oxygen atoms in total. The van der Waals surface area contributed by atoms with Crippen LogP contribution in [0.25, 0.3) is 0 Å². The third-order valence-electron chi connectivity index (χ3n) is 5.42. The topological polar surface area (TPSA) is 125 Å². The van der Waals surface area contributed by atoms with E-state index in [0.717, 1.165) is 0 Å². The molecule has 0 radical (unpaired) electrons. The average molecular weight is 458 g/mol. The van der Waals surface area contributed by atoms with Crippen molar-refractivity contribution in [2.75, 3.05) is 22.5 Å². The molecule has 32 heavy (non-hydrogen) atoms. The van der Waals surface area contributed by atoms with Crippen LogP contribution in [-0.2, 0) is 29.1 Å². The Morgan fingerprint density at radius 2 is 1.94 bits per heavy atom. The van der Waals surface area contributed by atoms with E-state index in [1.165, 1.54) is 30.2 Å². The Bertz CT molecular complexity index is 1210. The number of benzene rings is 1. The number of fused-ring (bicyclic) bond motifs is 2. The van der Waals surface area contributed by atoms with Gasteiger partial charge in [-0.1, -0.05) is 12.1 Å². The third-order valence-corrected chi connectivity index (χ3v) is 6.58. The molecule has 1 aromatic rings. The van der Waals surface area contributed by atoms with Crippen molar-refractivity contribution < 1.29 is 27.5 Å². The Morgan fingerprint density at radius 1 is 1.22 bits per heavy atom. The van der Waals surface area contributed by atoms with E-state index in [-0.39, 0.29) is 29.6 Å². The predicted octanol–water partition coefficient (Wildman–Crippen LogP) is 1.18. The summed E-state index contributed by atoms with van der Waals surface area (Å²) in [6.07, 6.45) is 3.07. The number of amidine groups is 1. The summed E-state index contributed by atoms with van der Waals surface area (Å²) in [6.45, 7) is 4.83. The molecule has 0 saturated heterocycles. The first-order valence-corrected chi connectivity index (χ1v) is 11.6. The largest absolute Gasteiger partial charge is 0.449 e. The number of amides is 2. The Hall–Kier alpha value is -3.47. The number of hydrogen-bond donors (Lipinski definition) is 1. The van der Waals surface area contributed by atoms with Crippen LogP contribution in [0, 0.1) is 0 Å². The van der Waals surface area contributed by atoms with E-state index in [0.29, 0.717) is 11.4 Å². The lowest BCUT2D eigenvalue weighted by atomic mass is 9.95. The lowest BCUT2D eigenvalue weighted by Crippen LogP contribution is -2.60. The summed E-state index contributed by atoms with van der Waals surface area (Å²) in [5.74, 6) is -1.59. The fourth-order valence-electron chi connectivity index (χ4n) is 3.63. The molecule has 1 atom stereocenters. The van der Waals surface area contributed by atoms with Crippen molar-refractivity contribution in [3.05, 3.63) is 48.2 Å². The highest BCUT2D eigenvalue weighted by Gasteiger charge is 2.45. The molecule has 168 valence electrons. The van der Waals surface area contributed by atoms with Crippen LogP contribution in [0.4, 0.5) is 11.4 Å². The van der Waals surface area contributed by atoms with Crippen molar-refractivity contribution in [1.29, 1.82) is 0 Å². The van der Waals surface area contributed by atoms with Crippen molar-refractivity contribution in [2.24, 2.45) is 4.40 Å². The summed E-state index contributed by atoms with van der Waals surface area (Å²) in [7, 11) is -3.51. The molecule has 11 heteroatoms. The molecule has 1 N–H and O–H groups in total. The van der Waals surface area contributed by atoms with Crippen LogP contribution in [0.3, 0.4) is 0 Å². The minimum Gasteiger partial charge on any atom is -0.449 e. The Kier molecular flexibility index (Phi) is 5.16. The maximum absolute atomic E-state index is 13.3. The van der Waals surface area contributed by atoms with Gasteiger partial charge in [0.25, 0.3) is 15.9 Å². The molecule has 1 aromatic carbocycles. The molecule has 0 aromatic heterocycles. The van der Waals surface area contributed by atoms with Crippen molar-refractivity contribution in [3.63, 3.8) is 0 Å². The molecular formula is C21H22N4O6S. The van der Waals surface area contributed by atoms with Gasteiger partial charge < -0.3 is 15.0 Å². The van der Waals surface area contributed by atoms with Gasteiger partial charge in [-0.15, -0.1) is 4.40 Å². The van der Waals surface area contributed by atoms with Gasteiger partial charge in [0.2, 0.25) is 5.91 Å². The fraction of sp³-hybridized carbons (Fsp3) is 0.333. The number of carbonyl (C=O) groups excluding carboxylic acids is 3. The number of rotatable bonds is 3. The second kappa shape index (κ2) is 7.59. The number of para-hydroxylation sites is 2. The van der Waals surface area contributed by atoms with Crippen LogP contribution < -0.4 is 10.2 Å². The Balaban J connectivity index is 1.53. The van der Waals surface area contributed by atoms with Crippen molar-refractivity contribution in [1.82, 2.24) is 4.90 Å². The number of esters is 1. The lowest BCUT2D eigenvalue weighted by molar-refractivity contribution is -0.150. The maximum Gasteiger partial charge on any atom is 0.340 e. The van der Waals surface area contributed by atoms with E-state index in [4.69, 9.17) is 4.74 Å². The first kappa shape index (κ1) is 21.8. The summed E-state index contributed by atoms with van der Waals surface area (Å²) < 4.78 is 32.3. The highest BCUT2D eigenvalue weighted by molar-refractivity contribution is 7.90. The zero-order chi connectivity index (χ0) is 23.3. The van der Waals surface area contributed by atoms with E-state index < -0.39 is 33.5 Å². The minimum absolute atomic E-state index is 0.152. The zero-order valence-corrected chi connectivity index (χ0v) is 18.5. The standard InChI is InChI=1S/C21H22N4O6S/c1-13(18(26)25-16-7-5-4-6-15(16)22-20(28)21(25,2)3)31-19(27)14-8-9-17-23-32(29,30)11-10-24(17)12-14/h4-9,12-13H,10-11H2,1-3H3,(H,22,28). The normalized spacial score (nSPS) is 21.4. The van der Waals surface area contributed by atoms with E-state index in [1.54, 1.807) is 43.0 Å². The van der Waals surface area contributed by atoms with Crippen LogP contribution in [0.15, 0.2) is 52.6 Å². The summed E-state index contributed by atoms with van der Waals surface area (Å²) >= 11 is 0. The van der Waals surface area contributed by atoms with Gasteiger partial charge in [0.15, 0.2) is 6.10 Å². The molecule has 0 bridgehead atoms. The van der Waals surface area contributed by atoms with Crippen molar-refractivity contribution >= 4 is 45.0 Å². The Labute approximate surface area is 185 Å². The van der Waals surface area contributed by atoms with E-state index in [2.05, 4.69) is 9.71 Å². The average Bonchev–Trinajstić information content (AvgIpc) is 2.73. The molecule has 2 amide bonds. The van der Waals surface area contributed by atoms with Crippen LogP contribution >= 0.6 is 0 Å². The van der Waals surface area contributed by atoms with Gasteiger partial charge in [-0.2, -0.15) is 0 Å². The number of sulfonamides is 1. The number of ether oxygens (including phenoxy) is 1. The van der Waals surface area contributed by atoms with Gasteiger partial charge in [-0.25, -0.2) is 13.2 Å². The van der Waals surface area contributed by atoms with Gasteiger partial charge in [0, 0.05) is 12.7 Å². The van der Waals surface area contributed by atoms with E-state index >= 15 is 0 Å². The number of nitrogens with one attached hydrogen (secondary N) is 1. The minimum atomic E-state index is -3.51. The summed E-state index contributed by atoms with van der Waals surface area (Å²) in [4.78, 5) is 41.4. The second-order valence-corrected chi connectivity index (χ2v) is 9.85. The summed E-state index contributed by atoms with van der Waals surface area (Å²) in [5.41, 5.74) is -0.0366. The van der Waals surface area contributed by atoms with Crippen LogP contribution in [-0.4, -0.2) is 60.9 Å². The smallest absolute Gasteiger partial charge is 0.340 e. The number of anilines is 2. The Morgan fingerprint density at radius 3 is 2.69 bits per heavy atom. The molecular weight excluding hydrogens is 436 g/mol. The molecule has 0 fully saturated rings. The molecule has 0 spiro atoms. The molecule has 3 heterocycles. The predicted molar refractivity (Wildman–Crippen MR) is 117 cm³/mol. The number of carbonyl (C=O) groups is 3. The van der Waals surface area contributed by atoms with Crippen LogP contribution in [0.1, 0.15) is 20.8 Å². The lowest BCUT2D eigenvalue weighted by Gasteiger charge is -2.42. The number of hydrogen-bond acceptors (Lipinski definition) is 7. The van der Waals surface area contributed by atoms with Crippen LogP contribution in [0.2, 0.25) is 0 Å². The SMILES string of the molecule is CC(OC(=O)C1=CN2CCS(=O)(=O)N=C2C=C1)C(=O)N1c2ccccc2NC(=O)C1(C)C. The van der Waals surface area contributed by atoms with Gasteiger partial charge in [-0.3, -0.25) is 14.5 Å². The van der Waals surface area contributed by atoms with E-state index in [9.17, 15) is 22.8 Å². The molecule has 4 rings (SSSR count). The summed E-state index contributed by atoms with van der Waals surface area (Å²) in [5, 5.41) is 2.78. The fourth-order valence-corrected chi connectivity index (χ4v) is 4.60. The highest BCUT2D eigenvalue weighted by atomic mass is 32.2. The quantitative estimate of drug-likeness (QED) is 0.674. The van der Waals surface area contributed by atoms with Crippen molar-refractivity contribution in [2.45, 2.75) is 32.4 Å². The molecule has 3 aliphatic rings. The van der Waals surface area contributed by atoms with E-state index in [1.807, 2.05) is 0 Å². The van der Waals surface area contributed by atoms with Gasteiger partial charge >= 0.3 is 5.97 Å². The molecule has 0 saturated carbocycles. The first-order valence-electron chi connectivity index (χ1n) is 9.94. The third kappa shape index (κ3) is 3.79. The molecule has 1 unspecified atom stereocenters. The highest BCUT2D eigenvalue weighted by Crippen LogP contribution is 2.37. The number of nitrogens with zero attached hydrogens (tertiary/aromatic N) is 3. The monoisotopic (exact) mass is 458 g/mol. The van der Waals surface area contributed by atoms with Crippen LogP contribution in [0.5, 0.6) is 0 Å². The molecule has 0 aliphatic carbocycles.